The lowest BCUT2D eigenvalue weighted by Gasteiger charge is -2.18. The van der Waals surface area contributed by atoms with Crippen molar-refractivity contribution < 1.29 is 47.5 Å². The number of carbonyl (C=O) groups is 2. The Morgan fingerprint density at radius 2 is 0.981 bits per heavy atom. The van der Waals surface area contributed by atoms with E-state index >= 15 is 0 Å². The zero-order chi connectivity index (χ0) is 36.6. The second kappa shape index (κ2) is 15.2. The predicted octanol–water partition coefficient (Wildman–Crippen LogP) is 8.10. The second-order valence-electron chi connectivity index (χ2n) is 15.1. The van der Waals surface area contributed by atoms with Crippen LogP contribution in [0, 0.1) is 11.8 Å². The van der Waals surface area contributed by atoms with E-state index in [2.05, 4.69) is 6.92 Å². The molecule has 9 rings (SSSR count). The van der Waals surface area contributed by atoms with E-state index in [-0.39, 0.29) is 19.5 Å². The fourth-order valence-corrected chi connectivity index (χ4v) is 8.21. The van der Waals surface area contributed by atoms with Crippen LogP contribution in [0.15, 0.2) is 84.9 Å². The van der Waals surface area contributed by atoms with Crippen LogP contribution in [0.2, 0.25) is 0 Å². The van der Waals surface area contributed by atoms with Gasteiger partial charge in [0.1, 0.15) is 23.0 Å². The van der Waals surface area contributed by atoms with Gasteiger partial charge in [-0.3, -0.25) is 0 Å². The molecule has 0 aromatic heterocycles. The lowest BCUT2D eigenvalue weighted by atomic mass is 9.90. The van der Waals surface area contributed by atoms with Gasteiger partial charge in [-0.25, -0.2) is 9.59 Å². The van der Waals surface area contributed by atoms with Crippen LogP contribution in [0.25, 0.3) is 11.1 Å². The summed E-state index contributed by atoms with van der Waals surface area (Å²) in [7, 11) is 0. The van der Waals surface area contributed by atoms with Crippen LogP contribution >= 0.6 is 0 Å². The van der Waals surface area contributed by atoms with Crippen molar-refractivity contribution >= 4 is 11.9 Å². The third-order valence-electron chi connectivity index (χ3n) is 11.4. The molecular formula is C44H44O10. The molecule has 10 heteroatoms. The summed E-state index contributed by atoms with van der Waals surface area (Å²) in [6, 6.07) is 25.1. The van der Waals surface area contributed by atoms with Crippen LogP contribution in [0.5, 0.6) is 23.0 Å². The van der Waals surface area contributed by atoms with Crippen molar-refractivity contribution in [3.63, 3.8) is 0 Å². The number of epoxide rings is 2. The Kier molecular flexibility index (Phi) is 9.84. The molecule has 280 valence electrons. The van der Waals surface area contributed by atoms with Gasteiger partial charge in [0.05, 0.1) is 48.8 Å². The van der Waals surface area contributed by atoms with E-state index in [9.17, 15) is 9.59 Å². The number of carbonyl (C=O) groups excluding carboxylic acids is 2. The van der Waals surface area contributed by atoms with Gasteiger partial charge in [0.2, 0.25) is 0 Å². The van der Waals surface area contributed by atoms with E-state index < -0.39 is 11.9 Å². The fourth-order valence-electron chi connectivity index (χ4n) is 8.21. The topological polar surface area (TPSA) is 115 Å². The molecule has 6 atom stereocenters. The third-order valence-corrected chi connectivity index (χ3v) is 11.4. The quantitative estimate of drug-likeness (QED) is 0.0414. The first-order valence-corrected chi connectivity index (χ1v) is 19.1. The standard InChI is InChI=1S/C44H44O10/c1-26-37-20-33(51-43(45)29-4-8-31(9-5-29)49-24-47-22-27-2-16-39-41(18-27)53-39)12-14-35(37)36-15-13-34(21-38(26)36)52-44(46)30-6-10-32(11-7-30)50-25-48-23-28-3-17-40-42(19-28)54-40/h4-15,20-21,26-28,39-42H,2-3,16-19,22-25H2,1H3. The van der Waals surface area contributed by atoms with Gasteiger partial charge in [-0.2, -0.15) is 0 Å². The Hall–Kier alpha value is -4.74. The Labute approximate surface area is 314 Å². The second-order valence-corrected chi connectivity index (χ2v) is 15.1. The molecule has 3 aliphatic carbocycles. The number of esters is 2. The average molecular weight is 733 g/mol. The van der Waals surface area contributed by atoms with Crippen molar-refractivity contribution in [2.75, 3.05) is 26.8 Å². The molecule has 4 aromatic rings. The Bertz CT molecular complexity index is 1850. The van der Waals surface area contributed by atoms with Gasteiger partial charge < -0.3 is 37.9 Å². The molecular weight excluding hydrogens is 688 g/mol. The maximum atomic E-state index is 13.0. The van der Waals surface area contributed by atoms with E-state index in [0.717, 1.165) is 60.8 Å². The highest BCUT2D eigenvalue weighted by Crippen LogP contribution is 2.47. The molecule has 0 N–H and O–H groups in total. The summed E-state index contributed by atoms with van der Waals surface area (Å²) in [6.07, 6.45) is 8.50. The van der Waals surface area contributed by atoms with Crippen molar-refractivity contribution in [2.24, 2.45) is 11.8 Å². The van der Waals surface area contributed by atoms with E-state index in [4.69, 9.17) is 37.9 Å². The molecule has 54 heavy (non-hydrogen) atoms. The summed E-state index contributed by atoms with van der Waals surface area (Å²) in [5.41, 5.74) is 5.00. The molecule has 4 fully saturated rings. The van der Waals surface area contributed by atoms with Gasteiger partial charge in [0, 0.05) is 5.92 Å². The molecule has 0 bridgehead atoms. The summed E-state index contributed by atoms with van der Waals surface area (Å²) >= 11 is 0. The van der Waals surface area contributed by atoms with Crippen LogP contribution in [-0.2, 0) is 18.9 Å². The molecule has 0 radical (unpaired) electrons. The predicted molar refractivity (Wildman–Crippen MR) is 197 cm³/mol. The smallest absolute Gasteiger partial charge is 0.343 e. The molecule has 0 spiro atoms. The fraction of sp³-hybridized carbons (Fsp3) is 0.409. The number of rotatable bonds is 14. The molecule has 2 heterocycles. The first-order valence-electron chi connectivity index (χ1n) is 19.1. The molecule has 2 aliphatic heterocycles. The molecule has 5 aliphatic rings. The number of fused-ring (bicyclic) bond motifs is 5. The maximum Gasteiger partial charge on any atom is 0.343 e. The van der Waals surface area contributed by atoms with E-state index in [0.29, 0.717) is 83.6 Å². The highest BCUT2D eigenvalue weighted by atomic mass is 16.7. The number of ether oxygens (including phenoxy) is 8. The van der Waals surface area contributed by atoms with Crippen LogP contribution in [0.4, 0.5) is 0 Å². The first kappa shape index (κ1) is 35.0. The molecule has 2 saturated carbocycles. The number of hydrogen-bond acceptors (Lipinski definition) is 10. The summed E-state index contributed by atoms with van der Waals surface area (Å²) in [6.45, 7) is 3.74. The zero-order valence-electron chi connectivity index (χ0n) is 30.3. The summed E-state index contributed by atoms with van der Waals surface area (Å²) < 4.78 is 45.7. The number of hydrogen-bond donors (Lipinski definition) is 0. The van der Waals surface area contributed by atoms with Gasteiger partial charge >= 0.3 is 11.9 Å². The summed E-state index contributed by atoms with van der Waals surface area (Å²) in [5.74, 6) is 2.29. The monoisotopic (exact) mass is 732 g/mol. The van der Waals surface area contributed by atoms with Crippen molar-refractivity contribution in [2.45, 2.75) is 75.8 Å². The van der Waals surface area contributed by atoms with Crippen LogP contribution in [-0.4, -0.2) is 63.2 Å². The van der Waals surface area contributed by atoms with Gasteiger partial charge in [-0.05, 0) is 145 Å². The van der Waals surface area contributed by atoms with Crippen molar-refractivity contribution in [3.05, 3.63) is 107 Å². The molecule has 0 amide bonds. The van der Waals surface area contributed by atoms with Crippen LogP contribution in [0.3, 0.4) is 0 Å². The Morgan fingerprint density at radius 3 is 1.41 bits per heavy atom. The first-order chi connectivity index (χ1) is 26.4. The van der Waals surface area contributed by atoms with Gasteiger partial charge in [-0.1, -0.05) is 19.1 Å². The zero-order valence-corrected chi connectivity index (χ0v) is 30.3. The van der Waals surface area contributed by atoms with E-state index in [1.54, 1.807) is 60.7 Å². The van der Waals surface area contributed by atoms with Crippen LogP contribution in [0.1, 0.15) is 83.2 Å². The molecule has 10 nitrogen and oxygen atoms in total. The molecule has 4 aromatic carbocycles. The largest absolute Gasteiger partial charge is 0.468 e. The minimum Gasteiger partial charge on any atom is -0.468 e. The van der Waals surface area contributed by atoms with Crippen molar-refractivity contribution in [1.82, 2.24) is 0 Å². The summed E-state index contributed by atoms with van der Waals surface area (Å²) in [5, 5.41) is 0. The Balaban J connectivity index is 0.742. The maximum absolute atomic E-state index is 13.0. The minimum absolute atomic E-state index is 0.00116. The normalized spacial score (nSPS) is 25.7. The average Bonchev–Trinajstić information content (AvgIpc) is 4.13. The highest BCUT2D eigenvalue weighted by molar-refractivity contribution is 5.92. The van der Waals surface area contributed by atoms with Gasteiger partial charge in [0.15, 0.2) is 13.6 Å². The van der Waals surface area contributed by atoms with E-state index in [1.165, 1.54) is 0 Å². The Morgan fingerprint density at radius 1 is 0.556 bits per heavy atom. The molecule has 2 saturated heterocycles. The van der Waals surface area contributed by atoms with Crippen molar-refractivity contribution in [3.8, 4) is 34.1 Å². The van der Waals surface area contributed by atoms with Crippen LogP contribution < -0.4 is 18.9 Å². The van der Waals surface area contributed by atoms with E-state index in [1.807, 2.05) is 24.3 Å². The SMILES string of the molecule is CC1c2cc(OC(=O)c3ccc(OCOCC4CCC5OC5C4)cc3)ccc2-c2ccc(OC(=O)c3ccc(OCOCC4CCC5OC5C4)cc3)cc21. The lowest BCUT2D eigenvalue weighted by molar-refractivity contribution is -0.00696. The minimum atomic E-state index is -0.456. The lowest BCUT2D eigenvalue weighted by Crippen LogP contribution is -2.19. The number of benzene rings is 4. The molecule has 6 unspecified atom stereocenters. The highest BCUT2D eigenvalue weighted by Gasteiger charge is 2.44. The third kappa shape index (κ3) is 7.88. The van der Waals surface area contributed by atoms with Gasteiger partial charge in [-0.15, -0.1) is 0 Å². The van der Waals surface area contributed by atoms with Crippen molar-refractivity contribution in [1.29, 1.82) is 0 Å². The summed E-state index contributed by atoms with van der Waals surface area (Å²) in [4.78, 5) is 26.1. The van der Waals surface area contributed by atoms with Gasteiger partial charge in [0.25, 0.3) is 0 Å².